The number of benzene rings is 1. The zero-order valence-corrected chi connectivity index (χ0v) is 10.4. The Kier molecular flexibility index (Phi) is 3.89. The standard InChI is InChI=1S/C11H10F2N2O3S/c12-6-1-2-8(7(13)3-6)14-11(18)15-5-19-4-9(15)10(16)17/h1-3,9H,4-5H2,(H,14,18)(H,16,17)/t9-/m0/s1. The fourth-order valence-corrected chi connectivity index (χ4v) is 2.77. The van der Waals surface area contributed by atoms with Crippen molar-refractivity contribution < 1.29 is 23.5 Å². The smallest absolute Gasteiger partial charge is 0.327 e. The van der Waals surface area contributed by atoms with E-state index in [2.05, 4.69) is 5.32 Å². The van der Waals surface area contributed by atoms with Gasteiger partial charge < -0.3 is 15.3 Å². The summed E-state index contributed by atoms with van der Waals surface area (Å²) in [4.78, 5) is 23.9. The Morgan fingerprint density at radius 2 is 2.16 bits per heavy atom. The van der Waals surface area contributed by atoms with Gasteiger partial charge in [-0.05, 0) is 12.1 Å². The first-order chi connectivity index (χ1) is 8.99. The number of aliphatic carboxylic acids is 1. The second-order valence-corrected chi connectivity index (χ2v) is 4.88. The fraction of sp³-hybridized carbons (Fsp3) is 0.273. The summed E-state index contributed by atoms with van der Waals surface area (Å²) in [5, 5.41) is 11.2. The molecular weight excluding hydrogens is 278 g/mol. The lowest BCUT2D eigenvalue weighted by atomic mass is 10.3. The zero-order valence-electron chi connectivity index (χ0n) is 9.60. The van der Waals surface area contributed by atoms with Gasteiger partial charge in [-0.2, -0.15) is 0 Å². The van der Waals surface area contributed by atoms with E-state index in [1.807, 2.05) is 0 Å². The van der Waals surface area contributed by atoms with Crippen molar-refractivity contribution in [3.8, 4) is 0 Å². The molecule has 0 aromatic heterocycles. The maximum absolute atomic E-state index is 13.4. The van der Waals surface area contributed by atoms with Crippen LogP contribution < -0.4 is 5.32 Å². The summed E-state index contributed by atoms with van der Waals surface area (Å²) in [6.45, 7) is 0. The average molecular weight is 288 g/mol. The number of carbonyl (C=O) groups is 2. The van der Waals surface area contributed by atoms with Crippen LogP contribution in [0.5, 0.6) is 0 Å². The molecule has 0 bridgehead atoms. The highest BCUT2D eigenvalue weighted by Gasteiger charge is 2.34. The minimum atomic E-state index is -1.11. The van der Waals surface area contributed by atoms with Gasteiger partial charge in [0.05, 0.1) is 11.6 Å². The van der Waals surface area contributed by atoms with Gasteiger partial charge in [0.25, 0.3) is 0 Å². The Hall–Kier alpha value is -1.83. The summed E-state index contributed by atoms with van der Waals surface area (Å²) in [6.07, 6.45) is 0. The second kappa shape index (κ2) is 5.43. The van der Waals surface area contributed by atoms with Crippen LogP contribution in [0.25, 0.3) is 0 Å². The number of hydrogen-bond acceptors (Lipinski definition) is 3. The minimum Gasteiger partial charge on any atom is -0.480 e. The first-order valence-corrected chi connectivity index (χ1v) is 6.47. The molecule has 1 aliphatic heterocycles. The Morgan fingerprint density at radius 1 is 1.42 bits per heavy atom. The summed E-state index contributed by atoms with van der Waals surface area (Å²) < 4.78 is 26.1. The van der Waals surface area contributed by atoms with Gasteiger partial charge in [0, 0.05) is 11.8 Å². The third-order valence-electron chi connectivity index (χ3n) is 2.60. The van der Waals surface area contributed by atoms with Crippen LogP contribution in [0.15, 0.2) is 18.2 Å². The van der Waals surface area contributed by atoms with E-state index >= 15 is 0 Å². The van der Waals surface area contributed by atoms with Gasteiger partial charge in [0.2, 0.25) is 0 Å². The normalized spacial score (nSPS) is 18.4. The number of halogens is 2. The number of amides is 2. The van der Waals surface area contributed by atoms with Gasteiger partial charge in [-0.1, -0.05) is 0 Å². The second-order valence-electron chi connectivity index (χ2n) is 3.88. The molecule has 0 radical (unpaired) electrons. The molecule has 0 saturated carbocycles. The zero-order chi connectivity index (χ0) is 14.0. The molecule has 0 aliphatic carbocycles. The maximum Gasteiger partial charge on any atom is 0.327 e. The molecule has 0 unspecified atom stereocenters. The van der Waals surface area contributed by atoms with Crippen LogP contribution in [0, 0.1) is 11.6 Å². The van der Waals surface area contributed by atoms with E-state index in [9.17, 15) is 18.4 Å². The number of thioether (sulfide) groups is 1. The Labute approximate surface area is 111 Å². The van der Waals surface area contributed by atoms with E-state index in [0.29, 0.717) is 6.07 Å². The number of rotatable bonds is 2. The van der Waals surface area contributed by atoms with Crippen molar-refractivity contribution >= 4 is 29.4 Å². The molecule has 1 aliphatic rings. The van der Waals surface area contributed by atoms with Gasteiger partial charge in [-0.3, -0.25) is 0 Å². The Morgan fingerprint density at radius 3 is 2.79 bits per heavy atom. The highest BCUT2D eigenvalue weighted by molar-refractivity contribution is 7.99. The predicted molar refractivity (Wildman–Crippen MR) is 66.0 cm³/mol. The number of anilines is 1. The molecule has 1 aromatic carbocycles. The minimum absolute atomic E-state index is 0.188. The van der Waals surface area contributed by atoms with Crippen LogP contribution in [-0.4, -0.2) is 39.7 Å². The number of carboxylic acids is 1. The van der Waals surface area contributed by atoms with Crippen molar-refractivity contribution in [2.45, 2.75) is 6.04 Å². The molecule has 0 spiro atoms. The quantitative estimate of drug-likeness (QED) is 0.872. The van der Waals surface area contributed by atoms with Crippen LogP contribution in [-0.2, 0) is 4.79 Å². The molecule has 2 amide bonds. The summed E-state index contributed by atoms with van der Waals surface area (Å²) in [7, 11) is 0. The van der Waals surface area contributed by atoms with Gasteiger partial charge >= 0.3 is 12.0 Å². The van der Waals surface area contributed by atoms with E-state index < -0.39 is 29.7 Å². The largest absolute Gasteiger partial charge is 0.480 e. The lowest BCUT2D eigenvalue weighted by molar-refractivity contribution is -0.140. The number of hydrogen-bond donors (Lipinski definition) is 2. The summed E-state index contributed by atoms with van der Waals surface area (Å²) >= 11 is 1.29. The number of nitrogens with zero attached hydrogens (tertiary/aromatic N) is 1. The van der Waals surface area contributed by atoms with Crippen molar-refractivity contribution in [2.24, 2.45) is 0 Å². The molecule has 8 heteroatoms. The Balaban J connectivity index is 2.10. The molecule has 1 fully saturated rings. The van der Waals surface area contributed by atoms with Gasteiger partial charge in [0.1, 0.15) is 17.7 Å². The molecule has 1 heterocycles. The van der Waals surface area contributed by atoms with E-state index in [0.717, 1.165) is 17.0 Å². The molecule has 2 rings (SSSR count). The molecule has 2 N–H and O–H groups in total. The molecule has 1 saturated heterocycles. The van der Waals surface area contributed by atoms with Crippen molar-refractivity contribution in [3.05, 3.63) is 29.8 Å². The fourth-order valence-electron chi connectivity index (χ4n) is 1.63. The predicted octanol–water partition coefficient (Wildman–Crippen LogP) is 1.96. The third kappa shape index (κ3) is 2.95. The van der Waals surface area contributed by atoms with Gasteiger partial charge in [-0.15, -0.1) is 11.8 Å². The number of carbonyl (C=O) groups excluding carboxylic acids is 1. The number of urea groups is 1. The van der Waals surface area contributed by atoms with Crippen molar-refractivity contribution in [2.75, 3.05) is 16.9 Å². The maximum atomic E-state index is 13.4. The highest BCUT2D eigenvalue weighted by atomic mass is 32.2. The van der Waals surface area contributed by atoms with Crippen LogP contribution in [0.2, 0.25) is 0 Å². The average Bonchev–Trinajstić information content (AvgIpc) is 2.82. The highest BCUT2D eigenvalue weighted by Crippen LogP contribution is 2.23. The molecule has 1 atom stereocenters. The monoisotopic (exact) mass is 288 g/mol. The van der Waals surface area contributed by atoms with Gasteiger partial charge in [0.15, 0.2) is 0 Å². The molecular formula is C11H10F2N2O3S. The topological polar surface area (TPSA) is 69.6 Å². The van der Waals surface area contributed by atoms with E-state index in [1.165, 1.54) is 11.8 Å². The van der Waals surface area contributed by atoms with Crippen molar-refractivity contribution in [1.29, 1.82) is 0 Å². The van der Waals surface area contributed by atoms with Crippen LogP contribution in [0.1, 0.15) is 0 Å². The first-order valence-electron chi connectivity index (χ1n) is 5.32. The van der Waals surface area contributed by atoms with Crippen LogP contribution >= 0.6 is 11.8 Å². The SMILES string of the molecule is O=C(O)[C@@H]1CSCN1C(=O)Nc1ccc(F)cc1F. The van der Waals surface area contributed by atoms with Crippen LogP contribution in [0.4, 0.5) is 19.3 Å². The van der Waals surface area contributed by atoms with Crippen molar-refractivity contribution in [3.63, 3.8) is 0 Å². The lowest BCUT2D eigenvalue weighted by Crippen LogP contribution is -2.44. The molecule has 102 valence electrons. The number of carboxylic acid groups (broad SMARTS) is 1. The van der Waals surface area contributed by atoms with Gasteiger partial charge in [-0.25, -0.2) is 18.4 Å². The first kappa shape index (κ1) is 13.6. The van der Waals surface area contributed by atoms with Crippen LogP contribution in [0.3, 0.4) is 0 Å². The third-order valence-corrected chi connectivity index (χ3v) is 3.61. The summed E-state index contributed by atoms with van der Waals surface area (Å²) in [5.41, 5.74) is -0.188. The summed E-state index contributed by atoms with van der Waals surface area (Å²) in [6, 6.07) is 1.08. The van der Waals surface area contributed by atoms with E-state index in [4.69, 9.17) is 5.11 Å². The number of nitrogens with one attached hydrogen (secondary N) is 1. The van der Waals surface area contributed by atoms with E-state index in [1.54, 1.807) is 0 Å². The van der Waals surface area contributed by atoms with Crippen molar-refractivity contribution in [1.82, 2.24) is 4.90 Å². The molecule has 19 heavy (non-hydrogen) atoms. The molecule has 5 nitrogen and oxygen atoms in total. The molecule has 1 aromatic rings. The van der Waals surface area contributed by atoms with E-state index in [-0.39, 0.29) is 17.3 Å². The summed E-state index contributed by atoms with van der Waals surface area (Å²) in [5.74, 6) is -2.28. The lowest BCUT2D eigenvalue weighted by Gasteiger charge is -2.21. The Bertz CT molecular complexity index is 527.